The van der Waals surface area contributed by atoms with Gasteiger partial charge < -0.3 is 15.2 Å². The third kappa shape index (κ3) is 5.52. The Balaban J connectivity index is 3.04. The van der Waals surface area contributed by atoms with Crippen LogP contribution in [0.5, 0.6) is 0 Å². The number of carboxylic acid groups (broad SMARTS) is 1. The van der Waals surface area contributed by atoms with E-state index in [1.54, 1.807) is 13.8 Å². The number of amides is 1. The number of anilines is 1. The molecule has 116 valence electrons. The maximum atomic E-state index is 11.6. The fourth-order valence-electron chi connectivity index (χ4n) is 1.45. The highest BCUT2D eigenvalue weighted by atomic mass is 32.2. The predicted octanol–water partition coefficient (Wildman–Crippen LogP) is 1.15. The molecule has 0 aliphatic rings. The summed E-state index contributed by atoms with van der Waals surface area (Å²) < 4.78 is 28.2. The molecule has 0 bridgehead atoms. The van der Waals surface area contributed by atoms with Gasteiger partial charge in [-0.05, 0) is 32.0 Å². The van der Waals surface area contributed by atoms with Crippen molar-refractivity contribution in [2.45, 2.75) is 24.8 Å². The molecule has 0 unspecified atom stereocenters. The first-order valence-corrected chi connectivity index (χ1v) is 7.98. The summed E-state index contributed by atoms with van der Waals surface area (Å²) in [6, 6.07) is 3.43. The van der Waals surface area contributed by atoms with Crippen LogP contribution in [0.2, 0.25) is 0 Å². The van der Waals surface area contributed by atoms with Crippen LogP contribution in [-0.4, -0.2) is 44.4 Å². The van der Waals surface area contributed by atoms with Gasteiger partial charge in [0.15, 0.2) is 9.84 Å². The molecule has 0 saturated heterocycles. The van der Waals surface area contributed by atoms with Gasteiger partial charge >= 0.3 is 5.97 Å². The van der Waals surface area contributed by atoms with Crippen LogP contribution in [0.1, 0.15) is 24.2 Å². The number of rotatable bonds is 6. The Morgan fingerprint density at radius 2 is 1.90 bits per heavy atom. The molecule has 0 aromatic heterocycles. The third-order valence-corrected chi connectivity index (χ3v) is 3.51. The second-order valence-electron chi connectivity index (χ2n) is 4.73. The van der Waals surface area contributed by atoms with Gasteiger partial charge in [0.2, 0.25) is 5.91 Å². The second kappa shape index (κ2) is 6.68. The molecule has 0 aliphatic heterocycles. The Morgan fingerprint density at radius 1 is 1.29 bits per heavy atom. The van der Waals surface area contributed by atoms with Crippen molar-refractivity contribution in [1.29, 1.82) is 0 Å². The average molecular weight is 315 g/mol. The fourth-order valence-corrected chi connectivity index (χ4v) is 2.13. The summed E-state index contributed by atoms with van der Waals surface area (Å²) in [5.74, 6) is -1.78. The molecule has 0 radical (unpaired) electrons. The standard InChI is InChI=1S/C13H17NO6S/c1-8(2)20-7-12(15)14-10-4-9(13(16)17)5-11(6-10)21(3,18)19/h4-6,8H,7H2,1-3H3,(H,14,15)(H,16,17). The largest absolute Gasteiger partial charge is 0.478 e. The summed E-state index contributed by atoms with van der Waals surface area (Å²) in [6.45, 7) is 3.32. The summed E-state index contributed by atoms with van der Waals surface area (Å²) in [7, 11) is -3.59. The molecule has 0 heterocycles. The SMILES string of the molecule is CC(C)OCC(=O)Nc1cc(C(=O)O)cc(S(C)(=O)=O)c1. The van der Waals surface area contributed by atoms with E-state index in [1.807, 2.05) is 0 Å². The Morgan fingerprint density at radius 3 is 2.38 bits per heavy atom. The Hall–Kier alpha value is -1.93. The first-order chi connectivity index (χ1) is 9.59. The average Bonchev–Trinajstić information content (AvgIpc) is 2.34. The highest BCUT2D eigenvalue weighted by Gasteiger charge is 2.15. The van der Waals surface area contributed by atoms with E-state index in [2.05, 4.69) is 5.32 Å². The minimum absolute atomic E-state index is 0.0904. The van der Waals surface area contributed by atoms with Crippen LogP contribution in [0.3, 0.4) is 0 Å². The molecular formula is C13H17NO6S. The van der Waals surface area contributed by atoms with E-state index in [9.17, 15) is 18.0 Å². The van der Waals surface area contributed by atoms with Gasteiger partial charge in [-0.25, -0.2) is 13.2 Å². The van der Waals surface area contributed by atoms with Crippen molar-refractivity contribution in [1.82, 2.24) is 0 Å². The molecule has 7 nitrogen and oxygen atoms in total. The van der Waals surface area contributed by atoms with Crippen LogP contribution in [0.25, 0.3) is 0 Å². The van der Waals surface area contributed by atoms with E-state index in [4.69, 9.17) is 9.84 Å². The second-order valence-corrected chi connectivity index (χ2v) is 6.75. The molecule has 1 aromatic carbocycles. The van der Waals surface area contributed by atoms with E-state index in [1.165, 1.54) is 12.1 Å². The molecule has 0 saturated carbocycles. The summed E-state index contributed by atoms with van der Waals surface area (Å²) in [4.78, 5) is 22.4. The normalized spacial score (nSPS) is 11.4. The Bertz CT molecular complexity index is 651. The number of benzene rings is 1. The maximum absolute atomic E-state index is 11.6. The number of aromatic carboxylic acids is 1. The van der Waals surface area contributed by atoms with Gasteiger partial charge in [0.25, 0.3) is 0 Å². The highest BCUT2D eigenvalue weighted by molar-refractivity contribution is 7.90. The molecule has 0 aliphatic carbocycles. The van der Waals surface area contributed by atoms with Crippen LogP contribution >= 0.6 is 0 Å². The van der Waals surface area contributed by atoms with Crippen LogP contribution in [-0.2, 0) is 19.4 Å². The lowest BCUT2D eigenvalue weighted by molar-refractivity contribution is -0.121. The van der Waals surface area contributed by atoms with Gasteiger partial charge in [-0.15, -0.1) is 0 Å². The molecule has 2 N–H and O–H groups in total. The number of sulfone groups is 1. The lowest BCUT2D eigenvalue weighted by atomic mass is 10.2. The number of carbonyl (C=O) groups excluding carboxylic acids is 1. The van der Waals surface area contributed by atoms with E-state index in [0.717, 1.165) is 12.3 Å². The first-order valence-electron chi connectivity index (χ1n) is 6.09. The highest BCUT2D eigenvalue weighted by Crippen LogP contribution is 2.19. The first kappa shape index (κ1) is 17.1. The summed E-state index contributed by atoms with van der Waals surface area (Å²) >= 11 is 0. The fraction of sp³-hybridized carbons (Fsp3) is 0.385. The molecule has 21 heavy (non-hydrogen) atoms. The van der Waals surface area contributed by atoms with Crippen LogP contribution in [0.15, 0.2) is 23.1 Å². The Labute approximate surface area is 122 Å². The van der Waals surface area contributed by atoms with Crippen LogP contribution in [0.4, 0.5) is 5.69 Å². The number of hydrogen-bond donors (Lipinski definition) is 2. The van der Waals surface area contributed by atoms with Crippen molar-refractivity contribution < 1.29 is 27.9 Å². The van der Waals surface area contributed by atoms with Crippen LogP contribution in [0, 0.1) is 0 Å². The van der Waals surface area contributed by atoms with Gasteiger partial charge in [0.05, 0.1) is 16.6 Å². The summed E-state index contributed by atoms with van der Waals surface area (Å²) in [6.07, 6.45) is 0.828. The Kier molecular flexibility index (Phi) is 5.45. The smallest absolute Gasteiger partial charge is 0.335 e. The van der Waals surface area contributed by atoms with Gasteiger partial charge in [-0.2, -0.15) is 0 Å². The van der Waals surface area contributed by atoms with E-state index >= 15 is 0 Å². The molecular weight excluding hydrogens is 298 g/mol. The lowest BCUT2D eigenvalue weighted by Crippen LogP contribution is -2.21. The molecule has 1 rings (SSSR count). The quantitative estimate of drug-likeness (QED) is 0.815. The number of ether oxygens (including phenoxy) is 1. The zero-order valence-electron chi connectivity index (χ0n) is 11.9. The number of nitrogens with one attached hydrogen (secondary N) is 1. The minimum Gasteiger partial charge on any atom is -0.478 e. The molecule has 8 heteroatoms. The monoisotopic (exact) mass is 315 g/mol. The van der Waals surface area contributed by atoms with Gasteiger partial charge in [-0.1, -0.05) is 0 Å². The predicted molar refractivity (Wildman–Crippen MR) is 76.2 cm³/mol. The number of hydrogen-bond acceptors (Lipinski definition) is 5. The zero-order valence-corrected chi connectivity index (χ0v) is 12.7. The van der Waals surface area contributed by atoms with Crippen molar-refractivity contribution in [2.75, 3.05) is 18.2 Å². The summed E-state index contributed by atoms with van der Waals surface area (Å²) in [5, 5.41) is 11.4. The molecule has 0 spiro atoms. The van der Waals surface area contributed by atoms with Crippen LogP contribution < -0.4 is 5.32 Å². The van der Waals surface area contributed by atoms with Crippen molar-refractivity contribution in [2.24, 2.45) is 0 Å². The number of carboxylic acids is 1. The molecule has 0 atom stereocenters. The third-order valence-electron chi connectivity index (χ3n) is 2.41. The van der Waals surface area contributed by atoms with Crippen molar-refractivity contribution in [3.63, 3.8) is 0 Å². The van der Waals surface area contributed by atoms with Gasteiger partial charge in [0.1, 0.15) is 6.61 Å². The topological polar surface area (TPSA) is 110 Å². The molecule has 0 fully saturated rings. The maximum Gasteiger partial charge on any atom is 0.335 e. The minimum atomic E-state index is -3.59. The molecule has 1 amide bonds. The van der Waals surface area contributed by atoms with Gasteiger partial charge in [0, 0.05) is 11.9 Å². The van der Waals surface area contributed by atoms with Gasteiger partial charge in [-0.3, -0.25) is 4.79 Å². The zero-order chi connectivity index (χ0) is 16.2. The molecule has 1 aromatic rings. The summed E-state index contributed by atoms with van der Waals surface area (Å²) in [5.41, 5.74) is -0.134. The van der Waals surface area contributed by atoms with Crippen molar-refractivity contribution >= 4 is 27.4 Å². The van der Waals surface area contributed by atoms with E-state index in [-0.39, 0.29) is 28.9 Å². The lowest BCUT2D eigenvalue weighted by Gasteiger charge is -2.10. The van der Waals surface area contributed by atoms with Crippen molar-refractivity contribution in [3.8, 4) is 0 Å². The van der Waals surface area contributed by atoms with Crippen molar-refractivity contribution in [3.05, 3.63) is 23.8 Å². The van der Waals surface area contributed by atoms with E-state index in [0.29, 0.717) is 0 Å². The van der Waals surface area contributed by atoms with E-state index < -0.39 is 21.7 Å². The number of carbonyl (C=O) groups is 2.